The number of ether oxygens (including phenoxy) is 1. The van der Waals surface area contributed by atoms with Gasteiger partial charge in [0.15, 0.2) is 0 Å². The summed E-state index contributed by atoms with van der Waals surface area (Å²) in [7, 11) is 0. The van der Waals surface area contributed by atoms with Crippen molar-refractivity contribution in [2.24, 2.45) is 11.7 Å². The molecule has 1 aromatic rings. The van der Waals surface area contributed by atoms with Gasteiger partial charge >= 0.3 is 0 Å². The van der Waals surface area contributed by atoms with Crippen LogP contribution in [-0.4, -0.2) is 24.7 Å². The molecule has 0 aromatic heterocycles. The van der Waals surface area contributed by atoms with E-state index in [1.165, 1.54) is 5.69 Å². The first kappa shape index (κ1) is 14.2. The van der Waals surface area contributed by atoms with Crippen LogP contribution >= 0.6 is 0 Å². The van der Waals surface area contributed by atoms with Gasteiger partial charge in [-0.3, -0.25) is 0 Å². The van der Waals surface area contributed by atoms with E-state index < -0.39 is 0 Å². The molecule has 0 aliphatic carbocycles. The van der Waals surface area contributed by atoms with E-state index in [9.17, 15) is 0 Å². The molecule has 0 saturated carbocycles. The normalized spacial score (nSPS) is 27.7. The smallest absolute Gasteiger partial charge is 0.119 e. The first-order valence-corrected chi connectivity index (χ1v) is 7.28. The van der Waals surface area contributed by atoms with Crippen LogP contribution in [0.25, 0.3) is 0 Å². The van der Waals surface area contributed by atoms with Crippen molar-refractivity contribution in [1.82, 2.24) is 0 Å². The summed E-state index contributed by atoms with van der Waals surface area (Å²) < 4.78 is 5.68. The van der Waals surface area contributed by atoms with E-state index >= 15 is 0 Å². The Morgan fingerprint density at radius 1 is 1.21 bits per heavy atom. The van der Waals surface area contributed by atoms with Crippen LogP contribution in [0.5, 0.6) is 5.75 Å². The lowest BCUT2D eigenvalue weighted by molar-refractivity contribution is 0.242. The van der Waals surface area contributed by atoms with Gasteiger partial charge in [0.1, 0.15) is 5.75 Å². The van der Waals surface area contributed by atoms with Crippen LogP contribution in [0, 0.1) is 5.92 Å². The lowest BCUT2D eigenvalue weighted by atomic mass is 9.87. The first-order valence-electron chi connectivity index (χ1n) is 7.28. The van der Waals surface area contributed by atoms with Gasteiger partial charge in [-0.2, -0.15) is 0 Å². The molecule has 2 N–H and O–H groups in total. The molecule has 0 radical (unpaired) electrons. The molecule has 3 unspecified atom stereocenters. The maximum atomic E-state index is 6.14. The van der Waals surface area contributed by atoms with Crippen molar-refractivity contribution in [2.75, 3.05) is 11.4 Å². The average Bonchev–Trinajstić information content (AvgIpc) is 2.37. The highest BCUT2D eigenvalue weighted by molar-refractivity contribution is 5.50. The second kappa shape index (κ2) is 5.83. The van der Waals surface area contributed by atoms with Crippen molar-refractivity contribution in [3.05, 3.63) is 24.3 Å². The molecular weight excluding hydrogens is 236 g/mol. The van der Waals surface area contributed by atoms with Crippen LogP contribution in [-0.2, 0) is 0 Å². The fourth-order valence-corrected chi connectivity index (χ4v) is 2.75. The Bertz CT molecular complexity index is 402. The monoisotopic (exact) mass is 262 g/mol. The lowest BCUT2D eigenvalue weighted by Crippen LogP contribution is -2.51. The number of anilines is 1. The summed E-state index contributed by atoms with van der Waals surface area (Å²) in [5.41, 5.74) is 7.41. The molecule has 1 aliphatic heterocycles. The minimum Gasteiger partial charge on any atom is -0.491 e. The molecule has 1 aromatic carbocycles. The maximum absolute atomic E-state index is 6.14. The summed E-state index contributed by atoms with van der Waals surface area (Å²) in [6.07, 6.45) is 1.29. The van der Waals surface area contributed by atoms with Crippen molar-refractivity contribution >= 4 is 5.69 Å². The van der Waals surface area contributed by atoms with Crippen molar-refractivity contribution < 1.29 is 4.74 Å². The molecule has 3 heteroatoms. The van der Waals surface area contributed by atoms with E-state index in [4.69, 9.17) is 10.5 Å². The SMILES string of the molecule is CC(C)Oc1ccc(N2CCC(N)C(C)C2C)cc1. The molecular formula is C16H26N2O. The van der Waals surface area contributed by atoms with Crippen LogP contribution in [0.4, 0.5) is 5.69 Å². The average molecular weight is 262 g/mol. The fraction of sp³-hybridized carbons (Fsp3) is 0.625. The largest absolute Gasteiger partial charge is 0.491 e. The molecule has 0 bridgehead atoms. The van der Waals surface area contributed by atoms with Gasteiger partial charge in [-0.05, 0) is 57.4 Å². The van der Waals surface area contributed by atoms with Gasteiger partial charge in [-0.1, -0.05) is 6.92 Å². The molecule has 1 heterocycles. The minimum atomic E-state index is 0.220. The molecule has 3 atom stereocenters. The Labute approximate surface area is 116 Å². The zero-order valence-electron chi connectivity index (χ0n) is 12.5. The third-order valence-electron chi connectivity index (χ3n) is 4.17. The van der Waals surface area contributed by atoms with Gasteiger partial charge in [0.2, 0.25) is 0 Å². The molecule has 1 fully saturated rings. The quantitative estimate of drug-likeness (QED) is 0.910. The van der Waals surface area contributed by atoms with Crippen LogP contribution in [0.1, 0.15) is 34.1 Å². The van der Waals surface area contributed by atoms with Crippen LogP contribution in [0.3, 0.4) is 0 Å². The fourth-order valence-electron chi connectivity index (χ4n) is 2.75. The zero-order chi connectivity index (χ0) is 14.0. The van der Waals surface area contributed by atoms with E-state index in [0.29, 0.717) is 18.0 Å². The number of benzene rings is 1. The molecule has 1 aliphatic rings. The van der Waals surface area contributed by atoms with Gasteiger partial charge in [-0.25, -0.2) is 0 Å². The number of nitrogens with zero attached hydrogens (tertiary/aromatic N) is 1. The lowest BCUT2D eigenvalue weighted by Gasteiger charge is -2.42. The van der Waals surface area contributed by atoms with Gasteiger partial charge in [0.05, 0.1) is 6.10 Å². The molecule has 0 amide bonds. The van der Waals surface area contributed by atoms with Crippen LogP contribution in [0.2, 0.25) is 0 Å². The van der Waals surface area contributed by atoms with E-state index in [1.807, 2.05) is 13.8 Å². The van der Waals surface area contributed by atoms with Crippen molar-refractivity contribution in [1.29, 1.82) is 0 Å². The third kappa shape index (κ3) is 3.21. The zero-order valence-corrected chi connectivity index (χ0v) is 12.5. The second-order valence-corrected chi connectivity index (χ2v) is 5.91. The number of nitrogens with two attached hydrogens (primary N) is 1. The molecule has 1 saturated heterocycles. The highest BCUT2D eigenvalue weighted by Crippen LogP contribution is 2.29. The molecule has 106 valence electrons. The Morgan fingerprint density at radius 2 is 1.84 bits per heavy atom. The Morgan fingerprint density at radius 3 is 2.42 bits per heavy atom. The number of hydrogen-bond donors (Lipinski definition) is 1. The van der Waals surface area contributed by atoms with Crippen molar-refractivity contribution in [3.8, 4) is 5.75 Å². The van der Waals surface area contributed by atoms with Crippen LogP contribution in [0.15, 0.2) is 24.3 Å². The highest BCUT2D eigenvalue weighted by Gasteiger charge is 2.30. The predicted octanol–water partition coefficient (Wildman–Crippen LogP) is 3.04. The first-order chi connectivity index (χ1) is 8.99. The second-order valence-electron chi connectivity index (χ2n) is 5.91. The molecule has 0 spiro atoms. The minimum absolute atomic E-state index is 0.220. The van der Waals surface area contributed by atoms with Gasteiger partial charge in [0, 0.05) is 24.3 Å². The van der Waals surface area contributed by atoms with Gasteiger partial charge in [0.25, 0.3) is 0 Å². The summed E-state index contributed by atoms with van der Waals surface area (Å²) in [5, 5.41) is 0. The number of rotatable bonds is 3. The number of piperidine rings is 1. The van der Waals surface area contributed by atoms with Gasteiger partial charge in [-0.15, -0.1) is 0 Å². The number of hydrogen-bond acceptors (Lipinski definition) is 3. The summed E-state index contributed by atoms with van der Waals surface area (Å²) in [5.74, 6) is 1.47. The van der Waals surface area contributed by atoms with Crippen LogP contribution < -0.4 is 15.4 Å². The van der Waals surface area contributed by atoms with E-state index in [1.54, 1.807) is 0 Å². The van der Waals surface area contributed by atoms with E-state index in [2.05, 4.69) is 43.0 Å². The molecule has 19 heavy (non-hydrogen) atoms. The maximum Gasteiger partial charge on any atom is 0.119 e. The molecule has 2 rings (SSSR count). The topological polar surface area (TPSA) is 38.5 Å². The van der Waals surface area contributed by atoms with Gasteiger partial charge < -0.3 is 15.4 Å². The van der Waals surface area contributed by atoms with E-state index in [0.717, 1.165) is 18.7 Å². The summed E-state index contributed by atoms with van der Waals surface area (Å²) in [6, 6.07) is 9.23. The van der Waals surface area contributed by atoms with Crippen molar-refractivity contribution in [3.63, 3.8) is 0 Å². The molecule has 3 nitrogen and oxygen atoms in total. The van der Waals surface area contributed by atoms with Crippen molar-refractivity contribution in [2.45, 2.75) is 52.3 Å². The Hall–Kier alpha value is -1.22. The third-order valence-corrected chi connectivity index (χ3v) is 4.17. The standard InChI is InChI=1S/C16H26N2O/c1-11(2)19-15-7-5-14(6-8-15)18-10-9-16(17)12(3)13(18)4/h5-8,11-13,16H,9-10,17H2,1-4H3. The highest BCUT2D eigenvalue weighted by atomic mass is 16.5. The van der Waals surface area contributed by atoms with E-state index in [-0.39, 0.29) is 6.10 Å². The summed E-state index contributed by atoms with van der Waals surface area (Å²) in [6.45, 7) is 9.64. The Balaban J connectivity index is 2.09. The Kier molecular flexibility index (Phi) is 4.35. The summed E-state index contributed by atoms with van der Waals surface area (Å²) >= 11 is 0. The predicted molar refractivity (Wildman–Crippen MR) is 80.8 cm³/mol. The summed E-state index contributed by atoms with van der Waals surface area (Å²) in [4.78, 5) is 2.45.